The van der Waals surface area contributed by atoms with Gasteiger partial charge in [0.25, 0.3) is 0 Å². The molecule has 0 heterocycles. The molecule has 0 amide bonds. The molecule has 0 aromatic heterocycles. The van der Waals surface area contributed by atoms with E-state index >= 15 is 0 Å². The predicted molar refractivity (Wildman–Crippen MR) is 98.9 cm³/mol. The van der Waals surface area contributed by atoms with Crippen LogP contribution in [0, 0.1) is 5.92 Å². The molecule has 144 valence electrons. The van der Waals surface area contributed by atoms with E-state index in [1.165, 1.54) is 57.8 Å². The van der Waals surface area contributed by atoms with E-state index in [4.69, 9.17) is 9.05 Å². The highest BCUT2D eigenvalue weighted by Crippen LogP contribution is 2.43. The smallest absolute Gasteiger partial charge is 0.329 e. The SMILES string of the molecule is C[N+](C)(C)CCOP(=O)(O)OCCCCCCCC1CCCCC1. The Morgan fingerprint density at radius 3 is 2.17 bits per heavy atom. The summed E-state index contributed by atoms with van der Waals surface area (Å²) in [6.45, 7) is 1.22. The Labute approximate surface area is 148 Å². The second kappa shape index (κ2) is 11.6. The lowest BCUT2D eigenvalue weighted by Crippen LogP contribution is -2.37. The highest BCUT2D eigenvalue weighted by Gasteiger charge is 2.22. The van der Waals surface area contributed by atoms with Crippen molar-refractivity contribution in [1.29, 1.82) is 0 Å². The van der Waals surface area contributed by atoms with Crippen LogP contribution >= 0.6 is 7.82 Å². The van der Waals surface area contributed by atoms with Crippen molar-refractivity contribution >= 4 is 7.82 Å². The van der Waals surface area contributed by atoms with Crippen LogP contribution in [0.4, 0.5) is 0 Å². The molecule has 1 saturated carbocycles. The van der Waals surface area contributed by atoms with E-state index in [0.29, 0.717) is 17.6 Å². The molecule has 1 unspecified atom stereocenters. The number of phosphoric acid groups is 1. The zero-order valence-corrected chi connectivity index (χ0v) is 16.9. The van der Waals surface area contributed by atoms with Crippen molar-refractivity contribution in [3.8, 4) is 0 Å². The maximum atomic E-state index is 11.7. The third-order valence-corrected chi connectivity index (χ3v) is 5.77. The van der Waals surface area contributed by atoms with Gasteiger partial charge in [0.05, 0.1) is 27.7 Å². The van der Waals surface area contributed by atoms with E-state index in [1.54, 1.807) is 0 Å². The zero-order valence-electron chi connectivity index (χ0n) is 16.0. The molecule has 0 aliphatic heterocycles. The van der Waals surface area contributed by atoms with Crippen LogP contribution in [0.5, 0.6) is 0 Å². The van der Waals surface area contributed by atoms with Gasteiger partial charge in [0.2, 0.25) is 0 Å². The molecular formula is C18H39NO4P+. The first-order valence-corrected chi connectivity index (χ1v) is 11.2. The maximum Gasteiger partial charge on any atom is 0.472 e. The van der Waals surface area contributed by atoms with Crippen LogP contribution in [0.15, 0.2) is 0 Å². The topological polar surface area (TPSA) is 55.8 Å². The summed E-state index contributed by atoms with van der Waals surface area (Å²) in [5.41, 5.74) is 0. The molecule has 0 saturated heterocycles. The van der Waals surface area contributed by atoms with Gasteiger partial charge in [-0.25, -0.2) is 4.57 Å². The summed E-state index contributed by atoms with van der Waals surface area (Å²) in [7, 11) is 2.18. The van der Waals surface area contributed by atoms with Crippen molar-refractivity contribution in [3.63, 3.8) is 0 Å². The third kappa shape index (κ3) is 12.4. The molecule has 1 atom stereocenters. The first kappa shape index (κ1) is 22.1. The largest absolute Gasteiger partial charge is 0.472 e. The number of hydrogen-bond acceptors (Lipinski definition) is 3. The fraction of sp³-hybridized carbons (Fsp3) is 1.00. The number of phosphoric ester groups is 1. The van der Waals surface area contributed by atoms with Crippen molar-refractivity contribution in [3.05, 3.63) is 0 Å². The average Bonchev–Trinajstić information content (AvgIpc) is 2.49. The summed E-state index contributed by atoms with van der Waals surface area (Å²) in [5, 5.41) is 0. The van der Waals surface area contributed by atoms with Gasteiger partial charge in [-0.15, -0.1) is 0 Å². The van der Waals surface area contributed by atoms with Crippen LogP contribution in [0.1, 0.15) is 70.6 Å². The molecule has 0 bridgehead atoms. The molecule has 0 radical (unpaired) electrons. The lowest BCUT2D eigenvalue weighted by Gasteiger charge is -2.24. The number of likely N-dealkylation sites (N-methyl/N-ethyl adjacent to an activating group) is 1. The Morgan fingerprint density at radius 2 is 1.50 bits per heavy atom. The van der Waals surface area contributed by atoms with Gasteiger partial charge in [-0.1, -0.05) is 64.2 Å². The molecule has 6 heteroatoms. The van der Waals surface area contributed by atoms with Gasteiger partial charge >= 0.3 is 7.82 Å². The van der Waals surface area contributed by atoms with Crippen LogP contribution in [0.3, 0.4) is 0 Å². The Morgan fingerprint density at radius 1 is 0.917 bits per heavy atom. The Hall–Kier alpha value is 0.0700. The number of quaternary nitrogens is 1. The van der Waals surface area contributed by atoms with Crippen molar-refractivity contribution in [2.45, 2.75) is 70.6 Å². The third-order valence-electron chi connectivity index (χ3n) is 4.75. The number of hydrogen-bond donors (Lipinski definition) is 1. The van der Waals surface area contributed by atoms with E-state index < -0.39 is 7.82 Å². The second-order valence-corrected chi connectivity index (χ2v) is 9.66. The molecule has 0 aromatic carbocycles. The van der Waals surface area contributed by atoms with Crippen LogP contribution in [-0.4, -0.2) is 50.3 Å². The minimum absolute atomic E-state index is 0.235. The summed E-state index contributed by atoms with van der Waals surface area (Å²) in [6, 6.07) is 0. The Balaban J connectivity index is 1.92. The van der Waals surface area contributed by atoms with Gasteiger partial charge in [0.15, 0.2) is 0 Å². The van der Waals surface area contributed by atoms with Crippen molar-refractivity contribution < 1.29 is 23.0 Å². The molecule has 1 aliphatic carbocycles. The minimum atomic E-state index is -3.87. The second-order valence-electron chi connectivity index (χ2n) is 8.21. The van der Waals surface area contributed by atoms with Crippen molar-refractivity contribution in [2.75, 3.05) is 40.9 Å². The Bertz CT molecular complexity index is 365. The normalized spacial score (nSPS) is 19.3. The summed E-state index contributed by atoms with van der Waals surface area (Å²) in [6.07, 6.45) is 14.2. The fourth-order valence-electron chi connectivity index (χ4n) is 3.19. The summed E-state index contributed by atoms with van der Waals surface area (Å²) in [5.74, 6) is 0.978. The van der Waals surface area contributed by atoms with Crippen LogP contribution in [-0.2, 0) is 13.6 Å². The zero-order chi connectivity index (χ0) is 17.9. The molecule has 1 N–H and O–H groups in total. The quantitative estimate of drug-likeness (QED) is 0.291. The maximum absolute atomic E-state index is 11.7. The van der Waals surface area contributed by atoms with Crippen molar-refractivity contribution in [1.82, 2.24) is 0 Å². The van der Waals surface area contributed by atoms with Crippen molar-refractivity contribution in [2.24, 2.45) is 5.92 Å². The molecule has 5 nitrogen and oxygen atoms in total. The van der Waals surface area contributed by atoms with E-state index in [0.717, 1.165) is 18.8 Å². The van der Waals surface area contributed by atoms with Gasteiger partial charge < -0.3 is 9.38 Å². The van der Waals surface area contributed by atoms with E-state index in [1.807, 2.05) is 21.1 Å². The molecular weight excluding hydrogens is 325 g/mol. The first-order chi connectivity index (χ1) is 11.3. The molecule has 1 aliphatic rings. The average molecular weight is 364 g/mol. The first-order valence-electron chi connectivity index (χ1n) is 9.71. The minimum Gasteiger partial charge on any atom is -0.329 e. The molecule has 1 fully saturated rings. The number of unbranched alkanes of at least 4 members (excludes halogenated alkanes) is 4. The van der Waals surface area contributed by atoms with Gasteiger partial charge in [0.1, 0.15) is 13.2 Å². The van der Waals surface area contributed by atoms with E-state index in [2.05, 4.69) is 0 Å². The number of rotatable bonds is 13. The molecule has 24 heavy (non-hydrogen) atoms. The fourth-order valence-corrected chi connectivity index (χ4v) is 3.94. The van der Waals surface area contributed by atoms with Crippen LogP contribution < -0.4 is 0 Å². The van der Waals surface area contributed by atoms with Gasteiger partial charge in [0, 0.05) is 0 Å². The Kier molecular flexibility index (Phi) is 10.7. The molecule has 1 rings (SSSR count). The molecule has 0 aromatic rings. The van der Waals surface area contributed by atoms with Crippen LogP contribution in [0.2, 0.25) is 0 Å². The summed E-state index contributed by atoms with van der Waals surface area (Å²) >= 11 is 0. The summed E-state index contributed by atoms with van der Waals surface area (Å²) < 4.78 is 22.4. The highest BCUT2D eigenvalue weighted by molar-refractivity contribution is 7.47. The highest BCUT2D eigenvalue weighted by atomic mass is 31.2. The summed E-state index contributed by atoms with van der Waals surface area (Å²) in [4.78, 5) is 9.60. The monoisotopic (exact) mass is 364 g/mol. The van der Waals surface area contributed by atoms with Gasteiger partial charge in [-0.3, -0.25) is 9.05 Å². The lowest BCUT2D eigenvalue weighted by molar-refractivity contribution is -0.870. The van der Waals surface area contributed by atoms with Gasteiger partial charge in [-0.2, -0.15) is 0 Å². The predicted octanol–water partition coefficient (Wildman–Crippen LogP) is 4.75. The van der Waals surface area contributed by atoms with E-state index in [9.17, 15) is 9.46 Å². The molecule has 0 spiro atoms. The lowest BCUT2D eigenvalue weighted by atomic mass is 9.85. The van der Waals surface area contributed by atoms with Gasteiger partial charge in [-0.05, 0) is 12.3 Å². The standard InChI is InChI=1S/C18H38NO4P/c1-19(2,3)15-17-23-24(20,21)22-16-11-6-4-5-8-12-18-13-9-7-10-14-18/h18H,4-17H2,1-3H3/p+1. The van der Waals surface area contributed by atoms with Crippen LogP contribution in [0.25, 0.3) is 0 Å². The van der Waals surface area contributed by atoms with E-state index in [-0.39, 0.29) is 6.61 Å². The number of nitrogens with zero attached hydrogens (tertiary/aromatic N) is 1.